The summed E-state index contributed by atoms with van der Waals surface area (Å²) in [7, 11) is 1.41. The average Bonchev–Trinajstić information content (AvgIpc) is 3.26. The van der Waals surface area contributed by atoms with Crippen molar-refractivity contribution in [3.63, 3.8) is 0 Å². The van der Waals surface area contributed by atoms with E-state index < -0.39 is 5.41 Å². The van der Waals surface area contributed by atoms with Crippen LogP contribution in [0, 0.1) is 5.41 Å². The summed E-state index contributed by atoms with van der Waals surface area (Å²) in [5.41, 5.74) is 2.69. The van der Waals surface area contributed by atoms with E-state index in [1.54, 1.807) is 12.1 Å². The van der Waals surface area contributed by atoms with Crippen molar-refractivity contribution in [2.45, 2.75) is 57.1 Å². The summed E-state index contributed by atoms with van der Waals surface area (Å²) in [4.78, 5) is 27.4. The molecule has 1 aromatic rings. The quantitative estimate of drug-likeness (QED) is 0.738. The monoisotopic (exact) mass is 412 g/mol. The summed E-state index contributed by atoms with van der Waals surface area (Å²) in [6.45, 7) is 5.32. The largest absolute Gasteiger partial charge is 0.508 e. The summed E-state index contributed by atoms with van der Waals surface area (Å²) >= 11 is 0. The van der Waals surface area contributed by atoms with E-state index in [2.05, 4.69) is 10.2 Å². The molecule has 0 aromatic heterocycles. The minimum absolute atomic E-state index is 0.106. The van der Waals surface area contributed by atoms with Gasteiger partial charge in [-0.3, -0.25) is 9.69 Å². The molecule has 2 N–H and O–H groups in total. The molecular formula is C23H28N2O5. The van der Waals surface area contributed by atoms with E-state index in [4.69, 9.17) is 9.47 Å². The molecule has 0 saturated carbocycles. The highest BCUT2D eigenvalue weighted by Gasteiger charge is 2.68. The van der Waals surface area contributed by atoms with Gasteiger partial charge in [-0.05, 0) is 57.3 Å². The van der Waals surface area contributed by atoms with Gasteiger partial charge in [0.25, 0.3) is 0 Å². The lowest BCUT2D eigenvalue weighted by molar-refractivity contribution is -0.161. The number of fused-ring (bicyclic) bond motifs is 1. The fourth-order valence-electron chi connectivity index (χ4n) is 6.87. The second-order valence-corrected chi connectivity index (χ2v) is 9.13. The highest BCUT2D eigenvalue weighted by atomic mass is 16.5. The van der Waals surface area contributed by atoms with Crippen LogP contribution in [0.15, 0.2) is 29.5 Å². The van der Waals surface area contributed by atoms with Crippen LogP contribution in [-0.2, 0) is 24.5 Å². The number of esters is 2. The number of hydrogen-bond donors (Lipinski definition) is 2. The Balaban J connectivity index is 1.77. The standard InChI is InChI=1S/C23H28N2O5/c1-13(30-14(2)26)22-7-4-9-25-10-8-23(21(22)25)17-6-5-15(27)11-18(17)24-19(23)16(12-22)20(28)29-3/h5-6,11,13,21,24,27H,4,7-10,12H2,1-3H3. The smallest absolute Gasteiger partial charge is 0.335 e. The van der Waals surface area contributed by atoms with Crippen LogP contribution in [0.1, 0.15) is 45.1 Å². The maximum Gasteiger partial charge on any atom is 0.335 e. The third-order valence-electron chi connectivity index (χ3n) is 7.84. The molecule has 1 spiro atoms. The number of nitrogens with one attached hydrogen (secondary N) is 1. The predicted octanol–water partition coefficient (Wildman–Crippen LogP) is 2.69. The van der Waals surface area contributed by atoms with E-state index in [1.807, 2.05) is 13.0 Å². The number of ether oxygens (including phenoxy) is 2. The zero-order valence-electron chi connectivity index (χ0n) is 17.7. The topological polar surface area (TPSA) is 88.1 Å². The SMILES string of the molecule is COC(=O)C1=C2Nc3cc(O)ccc3C23CCN2CCCC(C(C)OC(C)=O)(C1)C23. The number of piperidine rings is 1. The minimum atomic E-state index is -0.403. The summed E-state index contributed by atoms with van der Waals surface area (Å²) in [6.07, 6.45) is 2.91. The number of nitrogens with zero attached hydrogens (tertiary/aromatic N) is 1. The normalized spacial score (nSPS) is 32.6. The Morgan fingerprint density at radius 1 is 1.30 bits per heavy atom. The van der Waals surface area contributed by atoms with Gasteiger partial charge in [0, 0.05) is 35.8 Å². The molecule has 4 atom stereocenters. The van der Waals surface area contributed by atoms with E-state index >= 15 is 0 Å². The summed E-state index contributed by atoms with van der Waals surface area (Å²) in [5.74, 6) is -0.453. The first kappa shape index (κ1) is 19.4. The molecule has 30 heavy (non-hydrogen) atoms. The van der Waals surface area contributed by atoms with Crippen molar-refractivity contribution in [1.82, 2.24) is 4.90 Å². The Bertz CT molecular complexity index is 972. The van der Waals surface area contributed by atoms with Crippen LogP contribution < -0.4 is 5.32 Å². The van der Waals surface area contributed by atoms with Gasteiger partial charge >= 0.3 is 11.9 Å². The number of aromatic hydroxyl groups is 1. The van der Waals surface area contributed by atoms with Crippen LogP contribution in [0.2, 0.25) is 0 Å². The van der Waals surface area contributed by atoms with Gasteiger partial charge in [0.05, 0.1) is 18.1 Å². The lowest BCUT2D eigenvalue weighted by Gasteiger charge is -2.57. The molecule has 160 valence electrons. The van der Waals surface area contributed by atoms with Crippen LogP contribution in [0.5, 0.6) is 5.75 Å². The van der Waals surface area contributed by atoms with E-state index in [0.29, 0.717) is 12.0 Å². The molecule has 3 aliphatic heterocycles. The van der Waals surface area contributed by atoms with Gasteiger partial charge in [-0.15, -0.1) is 0 Å². The van der Waals surface area contributed by atoms with E-state index in [9.17, 15) is 14.7 Å². The van der Waals surface area contributed by atoms with Gasteiger partial charge in [0.15, 0.2) is 0 Å². The minimum Gasteiger partial charge on any atom is -0.508 e. The zero-order chi connectivity index (χ0) is 21.3. The van der Waals surface area contributed by atoms with Crippen molar-refractivity contribution in [3.8, 4) is 5.75 Å². The molecule has 1 aromatic carbocycles. The number of carbonyl (C=O) groups is 2. The molecule has 4 aliphatic rings. The van der Waals surface area contributed by atoms with Gasteiger partial charge < -0.3 is 19.9 Å². The fourth-order valence-corrected chi connectivity index (χ4v) is 6.87. The number of hydrogen-bond acceptors (Lipinski definition) is 7. The molecular weight excluding hydrogens is 384 g/mol. The number of rotatable bonds is 3. The van der Waals surface area contributed by atoms with Gasteiger partial charge in [0.2, 0.25) is 0 Å². The predicted molar refractivity (Wildman–Crippen MR) is 110 cm³/mol. The van der Waals surface area contributed by atoms with Crippen LogP contribution in [0.4, 0.5) is 5.69 Å². The van der Waals surface area contributed by atoms with Crippen molar-refractivity contribution in [1.29, 1.82) is 0 Å². The van der Waals surface area contributed by atoms with E-state index in [1.165, 1.54) is 14.0 Å². The first-order chi connectivity index (χ1) is 14.3. The Hall–Kier alpha value is -2.54. The van der Waals surface area contributed by atoms with Crippen molar-refractivity contribution >= 4 is 17.6 Å². The maximum atomic E-state index is 13.0. The Morgan fingerprint density at radius 2 is 2.10 bits per heavy atom. The van der Waals surface area contributed by atoms with Crippen molar-refractivity contribution < 1.29 is 24.2 Å². The molecule has 2 saturated heterocycles. The number of phenols is 1. The molecule has 7 heteroatoms. The molecule has 4 unspecified atom stereocenters. The lowest BCUT2D eigenvalue weighted by Crippen LogP contribution is -2.64. The van der Waals surface area contributed by atoms with Crippen LogP contribution in [0.3, 0.4) is 0 Å². The number of benzene rings is 1. The average molecular weight is 412 g/mol. The Labute approximate surface area is 176 Å². The van der Waals surface area contributed by atoms with Gasteiger partial charge in [0.1, 0.15) is 11.9 Å². The third-order valence-corrected chi connectivity index (χ3v) is 7.84. The molecule has 0 amide bonds. The highest BCUT2D eigenvalue weighted by molar-refractivity contribution is 5.93. The summed E-state index contributed by atoms with van der Waals surface area (Å²) in [5, 5.41) is 13.5. The van der Waals surface area contributed by atoms with E-state index in [-0.39, 0.29) is 35.2 Å². The number of carbonyl (C=O) groups excluding carboxylic acids is 2. The van der Waals surface area contributed by atoms with Crippen LogP contribution in [0.25, 0.3) is 0 Å². The summed E-state index contributed by atoms with van der Waals surface area (Å²) < 4.78 is 11.0. The zero-order valence-corrected chi connectivity index (χ0v) is 17.7. The van der Waals surface area contributed by atoms with Crippen LogP contribution >= 0.6 is 0 Å². The fraction of sp³-hybridized carbons (Fsp3) is 0.565. The molecule has 3 heterocycles. The molecule has 2 fully saturated rings. The number of anilines is 1. The highest BCUT2D eigenvalue weighted by Crippen LogP contribution is 2.65. The Kier molecular flexibility index (Phi) is 4.19. The lowest BCUT2D eigenvalue weighted by atomic mass is 9.53. The molecule has 1 aliphatic carbocycles. The second-order valence-electron chi connectivity index (χ2n) is 9.13. The molecule has 0 radical (unpaired) electrons. The first-order valence-corrected chi connectivity index (χ1v) is 10.7. The molecule has 0 bridgehead atoms. The van der Waals surface area contributed by atoms with E-state index in [0.717, 1.165) is 49.3 Å². The number of phenolic OH excluding ortho intramolecular Hbond substituents is 1. The van der Waals surface area contributed by atoms with Crippen LogP contribution in [-0.4, -0.2) is 54.3 Å². The third kappa shape index (κ3) is 2.35. The molecule has 7 nitrogen and oxygen atoms in total. The first-order valence-electron chi connectivity index (χ1n) is 10.7. The molecule has 5 rings (SSSR count). The van der Waals surface area contributed by atoms with Gasteiger partial charge in [-0.1, -0.05) is 6.07 Å². The van der Waals surface area contributed by atoms with Crippen molar-refractivity contribution in [3.05, 3.63) is 35.0 Å². The number of methoxy groups -OCH3 is 1. The van der Waals surface area contributed by atoms with Crippen molar-refractivity contribution in [2.24, 2.45) is 5.41 Å². The maximum absolute atomic E-state index is 13.0. The van der Waals surface area contributed by atoms with Gasteiger partial charge in [-0.2, -0.15) is 0 Å². The Morgan fingerprint density at radius 3 is 2.83 bits per heavy atom. The summed E-state index contributed by atoms with van der Waals surface area (Å²) in [6, 6.07) is 5.53. The van der Waals surface area contributed by atoms with Crippen molar-refractivity contribution in [2.75, 3.05) is 25.5 Å². The van der Waals surface area contributed by atoms with Gasteiger partial charge in [-0.25, -0.2) is 4.79 Å². The second kappa shape index (κ2) is 6.48.